The van der Waals surface area contributed by atoms with Crippen molar-refractivity contribution < 1.29 is 18.3 Å². The van der Waals surface area contributed by atoms with Gasteiger partial charge in [0.05, 0.1) is 24.6 Å². The van der Waals surface area contributed by atoms with Crippen molar-refractivity contribution in [1.82, 2.24) is 14.7 Å². The highest BCUT2D eigenvalue weighted by Gasteiger charge is 2.52. The lowest BCUT2D eigenvalue weighted by Gasteiger charge is -2.29. The van der Waals surface area contributed by atoms with E-state index in [1.807, 2.05) is 6.07 Å². The van der Waals surface area contributed by atoms with Crippen molar-refractivity contribution in [3.8, 4) is 5.75 Å². The van der Waals surface area contributed by atoms with E-state index in [4.69, 9.17) is 9.72 Å². The Kier molecular flexibility index (Phi) is 5.81. The standard InChI is InChI=1S/C25H29N7O4S/c1-26-37(34,35)20-5-3-2-4-18(20)28-23-21-22(27-15-25(21)8-9-25)30-24(31-23)29-17-7-6-16(14-19(17)33)32-10-12-36-13-11-32/h2-7,14,26,33H,8-13,15H2,1H3,(H3,27,28,29,30,31). The molecule has 0 unspecified atom stereocenters. The van der Waals surface area contributed by atoms with Gasteiger partial charge in [0, 0.05) is 42.4 Å². The number of aromatic hydroxyl groups is 1. The first-order valence-electron chi connectivity index (χ1n) is 12.3. The van der Waals surface area contributed by atoms with Gasteiger partial charge in [0.2, 0.25) is 16.0 Å². The summed E-state index contributed by atoms with van der Waals surface area (Å²) in [4.78, 5) is 11.7. The summed E-state index contributed by atoms with van der Waals surface area (Å²) in [6, 6.07) is 12.2. The Balaban J connectivity index is 1.34. The van der Waals surface area contributed by atoms with E-state index in [-0.39, 0.29) is 22.0 Å². The molecule has 1 saturated carbocycles. The molecular formula is C25H29N7O4S. The van der Waals surface area contributed by atoms with Crippen LogP contribution in [0.1, 0.15) is 18.4 Å². The molecule has 1 saturated heterocycles. The van der Waals surface area contributed by atoms with E-state index in [0.29, 0.717) is 36.2 Å². The zero-order valence-electron chi connectivity index (χ0n) is 20.4. The molecule has 0 atom stereocenters. The second-order valence-corrected chi connectivity index (χ2v) is 11.4. The Labute approximate surface area is 215 Å². The molecule has 11 nitrogen and oxygen atoms in total. The van der Waals surface area contributed by atoms with E-state index in [2.05, 4.69) is 30.6 Å². The number of anilines is 6. The van der Waals surface area contributed by atoms with Crippen LogP contribution in [0.3, 0.4) is 0 Å². The molecule has 5 N–H and O–H groups in total. The van der Waals surface area contributed by atoms with Gasteiger partial charge in [-0.2, -0.15) is 9.97 Å². The van der Waals surface area contributed by atoms with Crippen molar-refractivity contribution in [2.24, 2.45) is 0 Å². The Bertz CT molecular complexity index is 1450. The maximum Gasteiger partial charge on any atom is 0.242 e. The Morgan fingerprint density at radius 2 is 1.84 bits per heavy atom. The van der Waals surface area contributed by atoms with Gasteiger partial charge in [-0.25, -0.2) is 13.1 Å². The van der Waals surface area contributed by atoms with Gasteiger partial charge in [-0.3, -0.25) is 0 Å². The molecule has 0 amide bonds. The molecule has 37 heavy (non-hydrogen) atoms. The average molecular weight is 524 g/mol. The number of rotatable bonds is 7. The number of phenolic OH excluding ortho intramolecular Hbond substituents is 1. The fourth-order valence-corrected chi connectivity index (χ4v) is 5.85. The second-order valence-electron chi connectivity index (χ2n) is 9.51. The number of para-hydroxylation sites is 1. The van der Waals surface area contributed by atoms with Gasteiger partial charge in [0.25, 0.3) is 0 Å². The highest BCUT2D eigenvalue weighted by Crippen LogP contribution is 2.56. The number of morpholine rings is 1. The van der Waals surface area contributed by atoms with E-state index in [0.717, 1.165) is 43.7 Å². The van der Waals surface area contributed by atoms with Crippen LogP contribution < -0.4 is 25.6 Å². The van der Waals surface area contributed by atoms with Gasteiger partial charge in [0.15, 0.2) is 0 Å². The van der Waals surface area contributed by atoms with Gasteiger partial charge < -0.3 is 30.7 Å². The highest BCUT2D eigenvalue weighted by atomic mass is 32.2. The van der Waals surface area contributed by atoms with Crippen LogP contribution >= 0.6 is 0 Å². The molecule has 3 heterocycles. The number of nitrogens with one attached hydrogen (secondary N) is 4. The van der Waals surface area contributed by atoms with E-state index < -0.39 is 10.0 Å². The number of hydrogen-bond acceptors (Lipinski definition) is 10. The Hall–Kier alpha value is -3.61. The third kappa shape index (κ3) is 4.41. The number of hydrogen-bond donors (Lipinski definition) is 5. The van der Waals surface area contributed by atoms with Gasteiger partial charge in [0.1, 0.15) is 22.3 Å². The average Bonchev–Trinajstić information content (AvgIpc) is 3.60. The molecule has 1 spiro atoms. The van der Waals surface area contributed by atoms with Gasteiger partial charge in [-0.05, 0) is 44.2 Å². The number of benzene rings is 2. The zero-order valence-corrected chi connectivity index (χ0v) is 21.2. The molecule has 2 fully saturated rings. The maximum atomic E-state index is 12.6. The van der Waals surface area contributed by atoms with Crippen molar-refractivity contribution in [3.05, 3.63) is 48.0 Å². The van der Waals surface area contributed by atoms with Crippen molar-refractivity contribution in [3.63, 3.8) is 0 Å². The summed E-state index contributed by atoms with van der Waals surface area (Å²) in [5.41, 5.74) is 2.73. The molecule has 194 valence electrons. The van der Waals surface area contributed by atoms with Gasteiger partial charge >= 0.3 is 0 Å². The molecular weight excluding hydrogens is 494 g/mol. The molecule has 3 aliphatic rings. The van der Waals surface area contributed by atoms with Gasteiger partial charge in [-0.1, -0.05) is 12.1 Å². The van der Waals surface area contributed by atoms with Crippen LogP contribution in [0.5, 0.6) is 5.75 Å². The van der Waals surface area contributed by atoms with Crippen LogP contribution in [-0.2, 0) is 20.2 Å². The molecule has 0 radical (unpaired) electrons. The lowest BCUT2D eigenvalue weighted by atomic mass is 10.0. The number of nitrogens with zero attached hydrogens (tertiary/aromatic N) is 3. The first kappa shape index (κ1) is 23.8. The Morgan fingerprint density at radius 3 is 2.57 bits per heavy atom. The third-order valence-electron chi connectivity index (χ3n) is 7.19. The van der Waals surface area contributed by atoms with Crippen molar-refractivity contribution in [2.75, 3.05) is 60.7 Å². The minimum absolute atomic E-state index is 0.0467. The zero-order chi connectivity index (χ0) is 25.6. The molecule has 2 aliphatic heterocycles. The summed E-state index contributed by atoms with van der Waals surface area (Å²) in [5.74, 6) is 1.61. The Morgan fingerprint density at radius 1 is 1.05 bits per heavy atom. The SMILES string of the molecule is CNS(=O)(=O)c1ccccc1Nc1nc(Nc2ccc(N3CCOCC3)cc2O)nc2c1C1(CC1)CN2. The second kappa shape index (κ2) is 9.05. The predicted molar refractivity (Wildman–Crippen MR) is 142 cm³/mol. The molecule has 3 aromatic rings. The minimum Gasteiger partial charge on any atom is -0.506 e. The summed E-state index contributed by atoms with van der Waals surface area (Å²) in [5, 5.41) is 20.5. The molecule has 2 aromatic carbocycles. The summed E-state index contributed by atoms with van der Waals surface area (Å²) < 4.78 is 33.0. The topological polar surface area (TPSA) is 141 Å². The largest absolute Gasteiger partial charge is 0.506 e. The van der Waals surface area contributed by atoms with Crippen LogP contribution in [0.15, 0.2) is 47.4 Å². The summed E-state index contributed by atoms with van der Waals surface area (Å²) >= 11 is 0. The first-order chi connectivity index (χ1) is 17.9. The number of sulfonamides is 1. The van der Waals surface area contributed by atoms with E-state index >= 15 is 0 Å². The lowest BCUT2D eigenvalue weighted by molar-refractivity contribution is 0.122. The minimum atomic E-state index is -3.69. The summed E-state index contributed by atoms with van der Waals surface area (Å²) in [7, 11) is -2.30. The van der Waals surface area contributed by atoms with Crippen LogP contribution in [0.4, 0.5) is 34.6 Å². The summed E-state index contributed by atoms with van der Waals surface area (Å²) in [6.07, 6.45) is 2.02. The number of phenols is 1. The molecule has 12 heteroatoms. The molecule has 0 bridgehead atoms. The predicted octanol–water partition coefficient (Wildman–Crippen LogP) is 2.87. The monoisotopic (exact) mass is 523 g/mol. The van der Waals surface area contributed by atoms with E-state index in [1.165, 1.54) is 7.05 Å². The number of aromatic nitrogens is 2. The fourth-order valence-electron chi connectivity index (χ4n) is 4.96. The van der Waals surface area contributed by atoms with E-state index in [1.54, 1.807) is 36.4 Å². The van der Waals surface area contributed by atoms with Crippen LogP contribution in [0, 0.1) is 0 Å². The number of ether oxygens (including phenoxy) is 1. The van der Waals surface area contributed by atoms with E-state index in [9.17, 15) is 13.5 Å². The molecule has 6 rings (SSSR count). The van der Waals surface area contributed by atoms with Crippen molar-refractivity contribution in [2.45, 2.75) is 23.2 Å². The smallest absolute Gasteiger partial charge is 0.242 e. The highest BCUT2D eigenvalue weighted by molar-refractivity contribution is 7.89. The number of fused-ring (bicyclic) bond motifs is 2. The lowest BCUT2D eigenvalue weighted by Crippen LogP contribution is -2.36. The molecule has 1 aromatic heterocycles. The maximum absolute atomic E-state index is 12.6. The third-order valence-corrected chi connectivity index (χ3v) is 8.66. The van der Waals surface area contributed by atoms with Crippen molar-refractivity contribution in [1.29, 1.82) is 0 Å². The van der Waals surface area contributed by atoms with Crippen LogP contribution in [-0.4, -0.2) is 63.4 Å². The van der Waals surface area contributed by atoms with Crippen LogP contribution in [0.2, 0.25) is 0 Å². The molecule has 1 aliphatic carbocycles. The van der Waals surface area contributed by atoms with Gasteiger partial charge in [-0.15, -0.1) is 0 Å². The normalized spacial score (nSPS) is 17.8. The van der Waals surface area contributed by atoms with Crippen molar-refractivity contribution >= 4 is 44.7 Å². The summed E-state index contributed by atoms with van der Waals surface area (Å²) in [6.45, 7) is 3.62. The first-order valence-corrected chi connectivity index (χ1v) is 13.8. The van der Waals surface area contributed by atoms with Crippen LogP contribution in [0.25, 0.3) is 0 Å². The quantitative estimate of drug-likeness (QED) is 0.294. The fraction of sp³-hybridized carbons (Fsp3) is 0.360.